The molecule has 0 bridgehead atoms. The minimum absolute atomic E-state index is 0.263. The van der Waals surface area contributed by atoms with E-state index in [2.05, 4.69) is 4.98 Å². The number of anilines is 1. The summed E-state index contributed by atoms with van der Waals surface area (Å²) in [5, 5.41) is 0. The van der Waals surface area contributed by atoms with Crippen LogP contribution in [0.25, 0.3) is 0 Å². The highest BCUT2D eigenvalue weighted by Crippen LogP contribution is 2.22. The van der Waals surface area contributed by atoms with Crippen molar-refractivity contribution in [3.8, 4) is 0 Å². The summed E-state index contributed by atoms with van der Waals surface area (Å²) in [7, 11) is 5.22. The van der Waals surface area contributed by atoms with Crippen molar-refractivity contribution in [3.63, 3.8) is 0 Å². The van der Waals surface area contributed by atoms with Crippen molar-refractivity contribution in [1.29, 1.82) is 0 Å². The molecule has 1 aliphatic carbocycles. The van der Waals surface area contributed by atoms with Gasteiger partial charge in [-0.1, -0.05) is 32.1 Å². The smallest absolute Gasteiger partial charge is 0.348 e. The minimum Gasteiger partial charge on any atom is -0.348 e. The zero-order chi connectivity index (χ0) is 15.4. The quantitative estimate of drug-likeness (QED) is 0.845. The van der Waals surface area contributed by atoms with Crippen molar-refractivity contribution in [2.75, 3.05) is 19.0 Å². The lowest BCUT2D eigenvalue weighted by Crippen LogP contribution is -2.44. The normalized spacial score (nSPS) is 17.3. The first-order chi connectivity index (χ1) is 10.0. The van der Waals surface area contributed by atoms with Gasteiger partial charge in [-0.3, -0.25) is 4.57 Å². The Balaban J connectivity index is 2.25. The number of nitrogens with zero attached hydrogens (tertiary/aromatic N) is 4. The van der Waals surface area contributed by atoms with Gasteiger partial charge < -0.3 is 4.90 Å². The third-order valence-electron chi connectivity index (χ3n) is 4.31. The summed E-state index contributed by atoms with van der Waals surface area (Å²) in [6.07, 6.45) is 8.44. The molecule has 1 aromatic rings. The number of hydrogen-bond acceptors (Lipinski definition) is 4. The predicted molar refractivity (Wildman–Crippen MR) is 83.9 cm³/mol. The molecule has 0 N–H and O–H groups in total. The van der Waals surface area contributed by atoms with Gasteiger partial charge in [0.15, 0.2) is 0 Å². The molecule has 1 aliphatic rings. The summed E-state index contributed by atoms with van der Waals surface area (Å²) in [4.78, 5) is 30.3. The van der Waals surface area contributed by atoms with Gasteiger partial charge in [0.1, 0.15) is 0 Å². The molecule has 0 unspecified atom stereocenters. The highest BCUT2D eigenvalue weighted by Gasteiger charge is 2.17. The molecule has 1 fully saturated rings. The second-order valence-electron chi connectivity index (χ2n) is 6.25. The molecule has 0 radical (unpaired) electrons. The third-order valence-corrected chi connectivity index (χ3v) is 4.31. The number of rotatable bonds is 3. The Labute approximate surface area is 125 Å². The largest absolute Gasteiger partial charge is 0.354 e. The molecule has 0 aliphatic heterocycles. The molecule has 0 spiro atoms. The maximum atomic E-state index is 12.4. The molecule has 0 aromatic carbocycles. The fourth-order valence-corrected chi connectivity index (χ4v) is 3.11. The molecule has 1 saturated carbocycles. The van der Waals surface area contributed by atoms with Gasteiger partial charge in [-0.2, -0.15) is 4.98 Å². The van der Waals surface area contributed by atoms with Crippen LogP contribution in [0, 0.1) is 5.92 Å². The van der Waals surface area contributed by atoms with Crippen LogP contribution < -0.4 is 16.3 Å². The van der Waals surface area contributed by atoms with Gasteiger partial charge in [-0.15, -0.1) is 0 Å². The Morgan fingerprint density at radius 2 is 1.67 bits per heavy atom. The Bertz CT molecular complexity index is 580. The lowest BCUT2D eigenvalue weighted by molar-refractivity contribution is 0.325. The Morgan fingerprint density at radius 3 is 2.24 bits per heavy atom. The highest BCUT2D eigenvalue weighted by atomic mass is 16.2. The standard InChI is InChI=1S/C15H26N4O2/c1-17(2)13-16-14(20)19(15(21)18(13)3)11-12-9-7-5-4-6-8-10-12/h12H,4-11H2,1-3H3. The van der Waals surface area contributed by atoms with Crippen LogP contribution in [0.1, 0.15) is 44.9 Å². The molecule has 1 aromatic heterocycles. The van der Waals surface area contributed by atoms with Crippen molar-refractivity contribution in [2.24, 2.45) is 13.0 Å². The summed E-state index contributed by atoms with van der Waals surface area (Å²) < 4.78 is 2.75. The molecule has 0 atom stereocenters. The fourth-order valence-electron chi connectivity index (χ4n) is 3.11. The fraction of sp³-hybridized carbons (Fsp3) is 0.800. The van der Waals surface area contributed by atoms with Crippen molar-refractivity contribution in [1.82, 2.24) is 14.1 Å². The first-order valence-electron chi connectivity index (χ1n) is 7.86. The molecule has 0 amide bonds. The molecule has 118 valence electrons. The Morgan fingerprint density at radius 1 is 1.10 bits per heavy atom. The molecular weight excluding hydrogens is 268 g/mol. The molecular formula is C15H26N4O2. The molecule has 6 heteroatoms. The maximum absolute atomic E-state index is 12.4. The van der Waals surface area contributed by atoms with Crippen LogP contribution in [-0.4, -0.2) is 28.2 Å². The van der Waals surface area contributed by atoms with E-state index in [9.17, 15) is 9.59 Å². The summed E-state index contributed by atoms with van der Waals surface area (Å²) in [5.74, 6) is 0.821. The SMILES string of the molecule is CN(C)c1nc(=O)n(CC2CCCCCCC2)c(=O)n1C. The van der Waals surface area contributed by atoms with Crippen molar-refractivity contribution >= 4 is 5.95 Å². The first-order valence-corrected chi connectivity index (χ1v) is 7.86. The highest BCUT2D eigenvalue weighted by molar-refractivity contribution is 5.25. The maximum Gasteiger partial charge on any atom is 0.354 e. The van der Waals surface area contributed by atoms with Gasteiger partial charge in [-0.05, 0) is 18.8 Å². The topological polar surface area (TPSA) is 60.1 Å². The predicted octanol–water partition coefficient (Wildman–Crippen LogP) is 1.37. The van der Waals surface area contributed by atoms with Crippen LogP contribution in [0.4, 0.5) is 5.95 Å². The lowest BCUT2D eigenvalue weighted by Gasteiger charge is -2.21. The van der Waals surface area contributed by atoms with Gasteiger partial charge in [0.25, 0.3) is 0 Å². The zero-order valence-corrected chi connectivity index (χ0v) is 13.3. The van der Waals surface area contributed by atoms with E-state index in [1.165, 1.54) is 41.2 Å². The number of aromatic nitrogens is 3. The Kier molecular flexibility index (Phi) is 5.20. The van der Waals surface area contributed by atoms with Crippen LogP contribution in [0.3, 0.4) is 0 Å². The summed E-state index contributed by atoms with van der Waals surface area (Å²) in [5.41, 5.74) is -0.690. The molecule has 6 nitrogen and oxygen atoms in total. The third kappa shape index (κ3) is 3.74. The second kappa shape index (κ2) is 6.91. The van der Waals surface area contributed by atoms with E-state index < -0.39 is 5.69 Å². The van der Waals surface area contributed by atoms with Crippen LogP contribution in [0.2, 0.25) is 0 Å². The van der Waals surface area contributed by atoms with Gasteiger partial charge in [0, 0.05) is 27.7 Å². The van der Waals surface area contributed by atoms with E-state index in [0.717, 1.165) is 12.8 Å². The second-order valence-corrected chi connectivity index (χ2v) is 6.25. The summed E-state index contributed by atoms with van der Waals surface area (Å²) in [6, 6.07) is 0. The van der Waals surface area contributed by atoms with E-state index in [4.69, 9.17) is 0 Å². The molecule has 2 rings (SSSR count). The van der Waals surface area contributed by atoms with Gasteiger partial charge in [0.2, 0.25) is 5.95 Å². The molecule has 0 saturated heterocycles. The van der Waals surface area contributed by atoms with Gasteiger partial charge >= 0.3 is 11.4 Å². The van der Waals surface area contributed by atoms with Crippen molar-refractivity contribution in [2.45, 2.75) is 51.5 Å². The van der Waals surface area contributed by atoms with Crippen molar-refractivity contribution in [3.05, 3.63) is 21.0 Å². The summed E-state index contributed by atoms with van der Waals surface area (Å²) in [6.45, 7) is 0.506. The molecule has 1 heterocycles. The van der Waals surface area contributed by atoms with Crippen LogP contribution in [0.15, 0.2) is 9.59 Å². The van der Waals surface area contributed by atoms with Crippen LogP contribution in [0.5, 0.6) is 0 Å². The van der Waals surface area contributed by atoms with Crippen LogP contribution in [-0.2, 0) is 13.6 Å². The van der Waals surface area contributed by atoms with Crippen LogP contribution >= 0.6 is 0 Å². The number of hydrogen-bond donors (Lipinski definition) is 0. The van der Waals surface area contributed by atoms with Crippen molar-refractivity contribution < 1.29 is 0 Å². The first kappa shape index (κ1) is 15.8. The van der Waals surface area contributed by atoms with E-state index in [1.807, 2.05) is 0 Å². The monoisotopic (exact) mass is 294 g/mol. The van der Waals surface area contributed by atoms with E-state index in [1.54, 1.807) is 26.0 Å². The summed E-state index contributed by atoms with van der Waals surface area (Å²) >= 11 is 0. The van der Waals surface area contributed by atoms with E-state index in [-0.39, 0.29) is 5.69 Å². The minimum atomic E-state index is -0.427. The van der Waals surface area contributed by atoms with E-state index >= 15 is 0 Å². The zero-order valence-electron chi connectivity index (χ0n) is 13.3. The van der Waals surface area contributed by atoms with E-state index in [0.29, 0.717) is 18.4 Å². The molecule has 21 heavy (non-hydrogen) atoms. The average molecular weight is 294 g/mol. The Hall–Kier alpha value is -1.59. The lowest BCUT2D eigenvalue weighted by atomic mass is 9.91. The van der Waals surface area contributed by atoms with Gasteiger partial charge in [0.05, 0.1) is 0 Å². The average Bonchev–Trinajstić information content (AvgIpc) is 2.40. The van der Waals surface area contributed by atoms with Gasteiger partial charge in [-0.25, -0.2) is 14.2 Å².